The van der Waals surface area contributed by atoms with Crippen LogP contribution in [-0.2, 0) is 0 Å². The highest BCUT2D eigenvalue weighted by Crippen LogP contribution is 2.29. The van der Waals surface area contributed by atoms with E-state index in [1.54, 1.807) is 18.2 Å². The van der Waals surface area contributed by atoms with Crippen LogP contribution in [0.3, 0.4) is 0 Å². The SMILES string of the molecule is CC(c1cccc([N+](=O)[O-])c1)N(C)CC1CCCC1. The van der Waals surface area contributed by atoms with Crippen LogP contribution in [0.5, 0.6) is 0 Å². The van der Waals surface area contributed by atoms with E-state index in [9.17, 15) is 10.1 Å². The standard InChI is InChI=1S/C15H22N2O2/c1-12(16(2)11-13-6-3-4-7-13)14-8-5-9-15(10-14)17(18)19/h5,8-10,12-13H,3-4,6-7,11H2,1-2H3. The van der Waals surface area contributed by atoms with E-state index < -0.39 is 0 Å². The summed E-state index contributed by atoms with van der Waals surface area (Å²) in [7, 11) is 2.11. The van der Waals surface area contributed by atoms with E-state index in [1.807, 2.05) is 6.07 Å². The van der Waals surface area contributed by atoms with Crippen LogP contribution in [0.2, 0.25) is 0 Å². The number of hydrogen-bond acceptors (Lipinski definition) is 3. The van der Waals surface area contributed by atoms with Crippen molar-refractivity contribution in [3.05, 3.63) is 39.9 Å². The zero-order valence-electron chi connectivity index (χ0n) is 11.7. The Bertz CT molecular complexity index is 442. The quantitative estimate of drug-likeness (QED) is 0.599. The summed E-state index contributed by atoms with van der Waals surface area (Å²) in [5, 5.41) is 10.8. The number of nitro benzene ring substituents is 1. The average Bonchev–Trinajstić information content (AvgIpc) is 2.90. The van der Waals surface area contributed by atoms with Crippen LogP contribution < -0.4 is 0 Å². The number of rotatable bonds is 5. The predicted octanol–water partition coefficient (Wildman–Crippen LogP) is 3.78. The Hall–Kier alpha value is -1.42. The van der Waals surface area contributed by atoms with Crippen LogP contribution in [0, 0.1) is 16.0 Å². The molecule has 104 valence electrons. The molecule has 0 saturated heterocycles. The average molecular weight is 262 g/mol. The molecular formula is C15H22N2O2. The van der Waals surface area contributed by atoms with Crippen LogP contribution in [0.4, 0.5) is 5.69 Å². The van der Waals surface area contributed by atoms with Gasteiger partial charge in [0.25, 0.3) is 5.69 Å². The third kappa shape index (κ3) is 3.53. The molecule has 0 radical (unpaired) electrons. The van der Waals surface area contributed by atoms with Crippen molar-refractivity contribution < 1.29 is 4.92 Å². The fourth-order valence-corrected chi connectivity index (χ4v) is 2.91. The third-order valence-corrected chi connectivity index (χ3v) is 4.25. The lowest BCUT2D eigenvalue weighted by molar-refractivity contribution is -0.384. The zero-order valence-corrected chi connectivity index (χ0v) is 11.7. The van der Waals surface area contributed by atoms with Crippen molar-refractivity contribution in [3.63, 3.8) is 0 Å². The summed E-state index contributed by atoms with van der Waals surface area (Å²) in [6.07, 6.45) is 5.35. The normalized spacial score (nSPS) is 17.8. The molecule has 1 aromatic rings. The molecule has 1 aliphatic rings. The van der Waals surface area contributed by atoms with Crippen molar-refractivity contribution in [3.8, 4) is 0 Å². The van der Waals surface area contributed by atoms with Crippen molar-refractivity contribution in [1.82, 2.24) is 4.90 Å². The molecule has 1 aromatic carbocycles. The summed E-state index contributed by atoms with van der Waals surface area (Å²) in [5.41, 5.74) is 1.20. The minimum absolute atomic E-state index is 0.179. The Balaban J connectivity index is 2.03. The maximum atomic E-state index is 10.8. The van der Waals surface area contributed by atoms with Gasteiger partial charge in [0, 0.05) is 24.7 Å². The molecule has 1 fully saturated rings. The van der Waals surface area contributed by atoms with E-state index >= 15 is 0 Å². The second-order valence-corrected chi connectivity index (χ2v) is 5.62. The molecule has 0 N–H and O–H groups in total. The Morgan fingerprint density at radius 3 is 2.74 bits per heavy atom. The van der Waals surface area contributed by atoms with Crippen molar-refractivity contribution in [2.75, 3.05) is 13.6 Å². The first-order valence-corrected chi connectivity index (χ1v) is 7.02. The summed E-state index contributed by atoms with van der Waals surface area (Å²) in [6.45, 7) is 3.21. The van der Waals surface area contributed by atoms with Gasteiger partial charge in [0.15, 0.2) is 0 Å². The van der Waals surface area contributed by atoms with Gasteiger partial charge in [-0.15, -0.1) is 0 Å². The number of nitro groups is 1. The van der Waals surface area contributed by atoms with Gasteiger partial charge in [-0.05, 0) is 38.3 Å². The molecule has 0 amide bonds. The van der Waals surface area contributed by atoms with Crippen LogP contribution in [-0.4, -0.2) is 23.4 Å². The highest BCUT2D eigenvalue weighted by molar-refractivity contribution is 5.35. The van der Waals surface area contributed by atoms with Gasteiger partial charge in [-0.1, -0.05) is 25.0 Å². The molecule has 2 rings (SSSR count). The molecular weight excluding hydrogens is 240 g/mol. The number of non-ortho nitro benzene ring substituents is 1. The highest BCUT2D eigenvalue weighted by atomic mass is 16.6. The van der Waals surface area contributed by atoms with Gasteiger partial charge in [0.05, 0.1) is 4.92 Å². The minimum atomic E-state index is -0.326. The molecule has 1 saturated carbocycles. The number of hydrogen-bond donors (Lipinski definition) is 0. The summed E-state index contributed by atoms with van der Waals surface area (Å²) in [5.74, 6) is 0.797. The largest absolute Gasteiger partial charge is 0.299 e. The topological polar surface area (TPSA) is 46.4 Å². The second kappa shape index (κ2) is 6.15. The van der Waals surface area contributed by atoms with Crippen LogP contribution in [0.25, 0.3) is 0 Å². The van der Waals surface area contributed by atoms with Gasteiger partial charge in [-0.25, -0.2) is 0 Å². The Kier molecular flexibility index (Phi) is 4.53. The van der Waals surface area contributed by atoms with E-state index in [2.05, 4.69) is 18.9 Å². The van der Waals surface area contributed by atoms with E-state index in [0.717, 1.165) is 18.0 Å². The maximum Gasteiger partial charge on any atom is 0.269 e. The van der Waals surface area contributed by atoms with Gasteiger partial charge in [0.1, 0.15) is 0 Å². The molecule has 1 atom stereocenters. The van der Waals surface area contributed by atoms with E-state index in [-0.39, 0.29) is 16.7 Å². The smallest absolute Gasteiger partial charge is 0.269 e. The van der Waals surface area contributed by atoms with Gasteiger partial charge in [-0.3, -0.25) is 15.0 Å². The maximum absolute atomic E-state index is 10.8. The van der Waals surface area contributed by atoms with Crippen LogP contribution >= 0.6 is 0 Å². The summed E-state index contributed by atoms with van der Waals surface area (Å²) in [4.78, 5) is 12.8. The molecule has 4 heteroatoms. The summed E-state index contributed by atoms with van der Waals surface area (Å²) in [6, 6.07) is 7.21. The van der Waals surface area contributed by atoms with Gasteiger partial charge in [0.2, 0.25) is 0 Å². The summed E-state index contributed by atoms with van der Waals surface area (Å²) >= 11 is 0. The van der Waals surface area contributed by atoms with Gasteiger partial charge in [-0.2, -0.15) is 0 Å². The number of nitrogens with zero attached hydrogens (tertiary/aromatic N) is 2. The lowest BCUT2D eigenvalue weighted by Gasteiger charge is -2.27. The first-order chi connectivity index (χ1) is 9.08. The second-order valence-electron chi connectivity index (χ2n) is 5.62. The molecule has 0 bridgehead atoms. The first kappa shape index (κ1) is 14.0. The van der Waals surface area contributed by atoms with Crippen LogP contribution in [0.1, 0.15) is 44.2 Å². The van der Waals surface area contributed by atoms with Crippen molar-refractivity contribution >= 4 is 5.69 Å². The van der Waals surface area contributed by atoms with E-state index in [4.69, 9.17) is 0 Å². The fraction of sp³-hybridized carbons (Fsp3) is 0.600. The third-order valence-electron chi connectivity index (χ3n) is 4.25. The number of benzene rings is 1. The Morgan fingerprint density at radius 2 is 2.11 bits per heavy atom. The highest BCUT2D eigenvalue weighted by Gasteiger charge is 2.20. The molecule has 1 unspecified atom stereocenters. The van der Waals surface area contributed by atoms with Crippen molar-refractivity contribution in [2.45, 2.75) is 38.6 Å². The first-order valence-electron chi connectivity index (χ1n) is 7.02. The molecule has 0 aliphatic heterocycles. The molecule has 19 heavy (non-hydrogen) atoms. The monoisotopic (exact) mass is 262 g/mol. The molecule has 0 heterocycles. The van der Waals surface area contributed by atoms with E-state index in [0.29, 0.717) is 0 Å². The van der Waals surface area contributed by atoms with E-state index in [1.165, 1.54) is 25.7 Å². The van der Waals surface area contributed by atoms with Gasteiger partial charge < -0.3 is 0 Å². The summed E-state index contributed by atoms with van der Waals surface area (Å²) < 4.78 is 0. The lowest BCUT2D eigenvalue weighted by Crippen LogP contribution is -2.27. The molecule has 1 aliphatic carbocycles. The van der Waals surface area contributed by atoms with Crippen molar-refractivity contribution in [1.29, 1.82) is 0 Å². The molecule has 0 spiro atoms. The van der Waals surface area contributed by atoms with Gasteiger partial charge >= 0.3 is 0 Å². The predicted molar refractivity (Wildman–Crippen MR) is 76.1 cm³/mol. The zero-order chi connectivity index (χ0) is 13.8. The van der Waals surface area contributed by atoms with Crippen LogP contribution in [0.15, 0.2) is 24.3 Å². The Morgan fingerprint density at radius 1 is 1.42 bits per heavy atom. The minimum Gasteiger partial charge on any atom is -0.299 e. The molecule has 4 nitrogen and oxygen atoms in total. The Labute approximate surface area is 114 Å². The molecule has 0 aromatic heterocycles. The fourth-order valence-electron chi connectivity index (χ4n) is 2.91. The van der Waals surface area contributed by atoms with Crippen molar-refractivity contribution in [2.24, 2.45) is 5.92 Å². The lowest BCUT2D eigenvalue weighted by atomic mass is 10.0.